The molecule has 21 heavy (non-hydrogen) atoms. The van der Waals surface area contributed by atoms with E-state index in [-0.39, 0.29) is 17.9 Å². The van der Waals surface area contributed by atoms with Crippen LogP contribution in [0.3, 0.4) is 0 Å². The van der Waals surface area contributed by atoms with Crippen LogP contribution in [0.15, 0.2) is 18.7 Å². The largest absolute Gasteiger partial charge is 0.390 e. The number of rotatable bonds is 2. The van der Waals surface area contributed by atoms with E-state index in [1.54, 1.807) is 12.4 Å². The van der Waals surface area contributed by atoms with Crippen molar-refractivity contribution in [3.63, 3.8) is 0 Å². The smallest absolute Gasteiger partial charge is 0.257 e. The second-order valence-corrected chi connectivity index (χ2v) is 6.54. The van der Waals surface area contributed by atoms with E-state index in [2.05, 4.69) is 9.97 Å². The Morgan fingerprint density at radius 1 is 1.29 bits per heavy atom. The topological polar surface area (TPSA) is 66.3 Å². The molecule has 114 valence electrons. The molecule has 3 atom stereocenters. The maximum Gasteiger partial charge on any atom is 0.257 e. The molecule has 2 heterocycles. The van der Waals surface area contributed by atoms with Crippen molar-refractivity contribution in [2.75, 3.05) is 6.54 Å². The molecule has 1 N–H and O–H groups in total. The number of aliphatic hydroxyl groups is 1. The van der Waals surface area contributed by atoms with E-state index >= 15 is 0 Å². The van der Waals surface area contributed by atoms with Crippen LogP contribution in [0.1, 0.15) is 55.8 Å². The zero-order valence-electron chi connectivity index (χ0n) is 12.5. The standard InChI is InChI=1S/C16H23N3O2/c1-16(21)7-3-2-5-13(16)14-6-4-8-19(14)15(20)12-9-17-11-18-10-12/h9-11,13-14,21H,2-8H2,1H3. The van der Waals surface area contributed by atoms with E-state index in [4.69, 9.17) is 0 Å². The van der Waals surface area contributed by atoms with Gasteiger partial charge in [-0.3, -0.25) is 4.79 Å². The fourth-order valence-electron chi connectivity index (χ4n) is 3.99. The molecule has 0 radical (unpaired) electrons. The quantitative estimate of drug-likeness (QED) is 0.904. The predicted molar refractivity (Wildman–Crippen MR) is 78.7 cm³/mol. The normalized spacial score (nSPS) is 33.1. The molecule has 2 fully saturated rings. The van der Waals surface area contributed by atoms with Gasteiger partial charge in [-0.2, -0.15) is 0 Å². The van der Waals surface area contributed by atoms with Crippen molar-refractivity contribution in [1.29, 1.82) is 0 Å². The molecule has 3 rings (SSSR count). The molecule has 5 nitrogen and oxygen atoms in total. The van der Waals surface area contributed by atoms with E-state index in [0.717, 1.165) is 45.1 Å². The zero-order valence-corrected chi connectivity index (χ0v) is 12.5. The summed E-state index contributed by atoms with van der Waals surface area (Å²) >= 11 is 0. The number of amides is 1. The van der Waals surface area contributed by atoms with Crippen molar-refractivity contribution < 1.29 is 9.90 Å². The summed E-state index contributed by atoms with van der Waals surface area (Å²) in [6.45, 7) is 2.70. The van der Waals surface area contributed by atoms with Crippen LogP contribution in [0.25, 0.3) is 0 Å². The third-order valence-electron chi connectivity index (χ3n) is 5.08. The number of carbonyl (C=O) groups is 1. The Labute approximate surface area is 125 Å². The van der Waals surface area contributed by atoms with Crippen LogP contribution in [0.2, 0.25) is 0 Å². The van der Waals surface area contributed by atoms with Gasteiger partial charge in [0, 0.05) is 30.9 Å². The first-order valence-electron chi connectivity index (χ1n) is 7.88. The minimum atomic E-state index is -0.654. The minimum Gasteiger partial charge on any atom is -0.390 e. The van der Waals surface area contributed by atoms with Crippen molar-refractivity contribution in [1.82, 2.24) is 14.9 Å². The van der Waals surface area contributed by atoms with E-state index in [1.165, 1.54) is 6.33 Å². The van der Waals surface area contributed by atoms with Crippen molar-refractivity contribution >= 4 is 5.91 Å². The van der Waals surface area contributed by atoms with Gasteiger partial charge in [-0.05, 0) is 32.6 Å². The van der Waals surface area contributed by atoms with Crippen LogP contribution in [-0.4, -0.2) is 44.1 Å². The van der Waals surface area contributed by atoms with Crippen molar-refractivity contribution in [3.8, 4) is 0 Å². The molecule has 1 aliphatic heterocycles. The third kappa shape index (κ3) is 2.79. The Hall–Kier alpha value is -1.49. The lowest BCUT2D eigenvalue weighted by molar-refractivity contribution is -0.0577. The highest BCUT2D eigenvalue weighted by molar-refractivity contribution is 5.94. The number of carbonyl (C=O) groups excluding carboxylic acids is 1. The van der Waals surface area contributed by atoms with Crippen LogP contribution in [-0.2, 0) is 0 Å². The van der Waals surface area contributed by atoms with Gasteiger partial charge in [0.1, 0.15) is 6.33 Å². The summed E-state index contributed by atoms with van der Waals surface area (Å²) < 4.78 is 0. The first-order chi connectivity index (χ1) is 10.1. The highest BCUT2D eigenvalue weighted by Gasteiger charge is 2.44. The van der Waals surface area contributed by atoms with Crippen molar-refractivity contribution in [2.24, 2.45) is 5.92 Å². The molecule has 1 saturated carbocycles. The Balaban J connectivity index is 1.81. The fourth-order valence-corrected chi connectivity index (χ4v) is 3.99. The van der Waals surface area contributed by atoms with Gasteiger partial charge in [-0.1, -0.05) is 12.8 Å². The second kappa shape index (κ2) is 5.72. The number of likely N-dealkylation sites (tertiary alicyclic amines) is 1. The summed E-state index contributed by atoms with van der Waals surface area (Å²) in [6, 6.07) is 0.146. The molecule has 0 spiro atoms. The number of hydrogen-bond donors (Lipinski definition) is 1. The maximum absolute atomic E-state index is 12.7. The summed E-state index contributed by atoms with van der Waals surface area (Å²) in [5, 5.41) is 10.7. The van der Waals surface area contributed by atoms with Gasteiger partial charge in [-0.25, -0.2) is 9.97 Å². The predicted octanol–water partition coefficient (Wildman–Crippen LogP) is 2.02. The van der Waals surface area contributed by atoms with Crippen molar-refractivity contribution in [3.05, 3.63) is 24.3 Å². The van der Waals surface area contributed by atoms with E-state index < -0.39 is 5.60 Å². The average molecular weight is 289 g/mol. The Morgan fingerprint density at radius 3 is 2.76 bits per heavy atom. The number of hydrogen-bond acceptors (Lipinski definition) is 4. The number of aromatic nitrogens is 2. The fraction of sp³-hybridized carbons (Fsp3) is 0.688. The first-order valence-corrected chi connectivity index (χ1v) is 7.88. The van der Waals surface area contributed by atoms with Gasteiger partial charge in [0.05, 0.1) is 11.2 Å². The van der Waals surface area contributed by atoms with Crippen LogP contribution >= 0.6 is 0 Å². The average Bonchev–Trinajstić information content (AvgIpc) is 2.96. The van der Waals surface area contributed by atoms with E-state index in [9.17, 15) is 9.90 Å². The highest BCUT2D eigenvalue weighted by Crippen LogP contribution is 2.40. The SMILES string of the molecule is CC1(O)CCCCC1C1CCCN1C(=O)c1cncnc1. The number of nitrogens with zero attached hydrogens (tertiary/aromatic N) is 3. The Kier molecular flexibility index (Phi) is 3.93. The summed E-state index contributed by atoms with van der Waals surface area (Å²) in [6.07, 6.45) is 10.6. The summed E-state index contributed by atoms with van der Waals surface area (Å²) in [4.78, 5) is 22.5. The molecule has 1 aromatic heterocycles. The van der Waals surface area contributed by atoms with E-state index in [0.29, 0.717) is 5.56 Å². The van der Waals surface area contributed by atoms with Gasteiger partial charge in [0.15, 0.2) is 0 Å². The van der Waals surface area contributed by atoms with Gasteiger partial charge >= 0.3 is 0 Å². The zero-order chi connectivity index (χ0) is 14.9. The Morgan fingerprint density at radius 2 is 2.05 bits per heavy atom. The van der Waals surface area contributed by atoms with E-state index in [1.807, 2.05) is 11.8 Å². The summed E-state index contributed by atoms with van der Waals surface area (Å²) in [5.74, 6) is 0.182. The molecule has 3 unspecified atom stereocenters. The summed E-state index contributed by atoms with van der Waals surface area (Å²) in [7, 11) is 0. The molecule has 1 saturated heterocycles. The maximum atomic E-state index is 12.7. The molecule has 0 aromatic carbocycles. The minimum absolute atomic E-state index is 0.000488. The van der Waals surface area contributed by atoms with Crippen LogP contribution in [0, 0.1) is 5.92 Å². The van der Waals surface area contributed by atoms with Crippen LogP contribution < -0.4 is 0 Å². The molecular formula is C16H23N3O2. The van der Waals surface area contributed by atoms with Gasteiger partial charge < -0.3 is 10.0 Å². The first kappa shape index (κ1) is 14.4. The lowest BCUT2D eigenvalue weighted by atomic mass is 9.72. The van der Waals surface area contributed by atoms with Crippen LogP contribution in [0.4, 0.5) is 0 Å². The highest BCUT2D eigenvalue weighted by atomic mass is 16.3. The lowest BCUT2D eigenvalue weighted by Gasteiger charge is -2.43. The van der Waals surface area contributed by atoms with Gasteiger partial charge in [0.2, 0.25) is 0 Å². The molecule has 0 bridgehead atoms. The second-order valence-electron chi connectivity index (χ2n) is 6.54. The molecule has 1 aliphatic carbocycles. The van der Waals surface area contributed by atoms with Gasteiger partial charge in [-0.15, -0.1) is 0 Å². The molecular weight excluding hydrogens is 266 g/mol. The molecule has 1 amide bonds. The summed E-state index contributed by atoms with van der Waals surface area (Å²) in [5.41, 5.74) is -0.112. The molecule has 5 heteroatoms. The van der Waals surface area contributed by atoms with Crippen molar-refractivity contribution in [2.45, 2.75) is 57.1 Å². The van der Waals surface area contributed by atoms with Gasteiger partial charge in [0.25, 0.3) is 5.91 Å². The molecule has 2 aliphatic rings. The molecule has 1 aromatic rings. The Bertz CT molecular complexity index is 504. The monoisotopic (exact) mass is 289 g/mol. The lowest BCUT2D eigenvalue weighted by Crippen LogP contribution is -2.50. The van der Waals surface area contributed by atoms with Crippen LogP contribution in [0.5, 0.6) is 0 Å². The third-order valence-corrected chi connectivity index (χ3v) is 5.08.